The highest BCUT2D eigenvalue weighted by Crippen LogP contribution is 2.14. The second-order valence-electron chi connectivity index (χ2n) is 3.25. The SMILES string of the molecule is CC(=O)N[C@H](Cc1cccnc1Br)C(=O)O. The molecular weight excluding hydrogens is 276 g/mol. The quantitative estimate of drug-likeness (QED) is 0.809. The van der Waals surface area contributed by atoms with Gasteiger partial charge in [0.15, 0.2) is 0 Å². The number of rotatable bonds is 4. The molecule has 0 unspecified atom stereocenters. The summed E-state index contributed by atoms with van der Waals surface area (Å²) in [5, 5.41) is 11.3. The van der Waals surface area contributed by atoms with E-state index in [9.17, 15) is 9.59 Å². The molecule has 0 bridgehead atoms. The molecule has 1 rings (SSSR count). The van der Waals surface area contributed by atoms with Gasteiger partial charge in [-0.2, -0.15) is 0 Å². The number of carbonyl (C=O) groups excluding carboxylic acids is 1. The number of carboxylic acid groups (broad SMARTS) is 1. The number of pyridine rings is 1. The van der Waals surface area contributed by atoms with Crippen molar-refractivity contribution in [3.05, 3.63) is 28.5 Å². The maximum atomic E-state index is 10.9. The molecule has 0 aromatic carbocycles. The molecule has 6 heteroatoms. The minimum Gasteiger partial charge on any atom is -0.480 e. The molecule has 0 saturated carbocycles. The van der Waals surface area contributed by atoms with Gasteiger partial charge in [-0.15, -0.1) is 0 Å². The van der Waals surface area contributed by atoms with Gasteiger partial charge in [0.25, 0.3) is 0 Å². The van der Waals surface area contributed by atoms with Gasteiger partial charge in [-0.3, -0.25) is 4.79 Å². The molecule has 0 aliphatic carbocycles. The van der Waals surface area contributed by atoms with Crippen molar-refractivity contribution in [1.82, 2.24) is 10.3 Å². The van der Waals surface area contributed by atoms with Crippen LogP contribution in [0.3, 0.4) is 0 Å². The number of aromatic nitrogens is 1. The van der Waals surface area contributed by atoms with Crippen LogP contribution in [0.4, 0.5) is 0 Å². The number of hydrogen-bond acceptors (Lipinski definition) is 3. The summed E-state index contributed by atoms with van der Waals surface area (Å²) >= 11 is 3.22. The number of carboxylic acids is 1. The van der Waals surface area contributed by atoms with Crippen LogP contribution in [0.15, 0.2) is 22.9 Å². The smallest absolute Gasteiger partial charge is 0.326 e. The van der Waals surface area contributed by atoms with Gasteiger partial charge in [0.2, 0.25) is 5.91 Å². The Morgan fingerprint density at radius 2 is 2.31 bits per heavy atom. The molecule has 2 N–H and O–H groups in total. The van der Waals surface area contributed by atoms with Crippen LogP contribution in [0, 0.1) is 0 Å². The number of hydrogen-bond donors (Lipinski definition) is 2. The van der Waals surface area contributed by atoms with Crippen LogP contribution >= 0.6 is 15.9 Å². The molecule has 1 aromatic rings. The van der Waals surface area contributed by atoms with Gasteiger partial charge in [0.05, 0.1) is 0 Å². The van der Waals surface area contributed by atoms with Crippen molar-refractivity contribution in [3.8, 4) is 0 Å². The highest BCUT2D eigenvalue weighted by molar-refractivity contribution is 9.10. The first-order valence-electron chi connectivity index (χ1n) is 4.60. The lowest BCUT2D eigenvalue weighted by Crippen LogP contribution is -2.41. The van der Waals surface area contributed by atoms with E-state index >= 15 is 0 Å². The molecule has 0 radical (unpaired) electrons. The zero-order valence-corrected chi connectivity index (χ0v) is 10.2. The number of halogens is 1. The highest BCUT2D eigenvalue weighted by atomic mass is 79.9. The summed E-state index contributed by atoms with van der Waals surface area (Å²) in [6, 6.07) is 2.54. The first kappa shape index (κ1) is 12.6. The maximum absolute atomic E-state index is 10.9. The van der Waals surface area contributed by atoms with Gasteiger partial charge in [0, 0.05) is 19.5 Å². The number of amides is 1. The van der Waals surface area contributed by atoms with E-state index < -0.39 is 12.0 Å². The average Bonchev–Trinajstić information content (AvgIpc) is 2.19. The van der Waals surface area contributed by atoms with Crippen molar-refractivity contribution < 1.29 is 14.7 Å². The Bertz CT molecular complexity index is 409. The van der Waals surface area contributed by atoms with Crippen LogP contribution in [-0.4, -0.2) is 28.0 Å². The van der Waals surface area contributed by atoms with Crippen molar-refractivity contribution in [2.24, 2.45) is 0 Å². The fraction of sp³-hybridized carbons (Fsp3) is 0.300. The number of nitrogens with zero attached hydrogens (tertiary/aromatic N) is 1. The lowest BCUT2D eigenvalue weighted by Gasteiger charge is -2.13. The zero-order valence-electron chi connectivity index (χ0n) is 8.61. The summed E-state index contributed by atoms with van der Waals surface area (Å²) in [7, 11) is 0. The van der Waals surface area contributed by atoms with Gasteiger partial charge in [0.1, 0.15) is 10.6 Å². The minimum absolute atomic E-state index is 0.198. The summed E-state index contributed by atoms with van der Waals surface area (Å²) in [4.78, 5) is 25.7. The Hall–Kier alpha value is -1.43. The second kappa shape index (κ2) is 5.60. The monoisotopic (exact) mass is 286 g/mol. The van der Waals surface area contributed by atoms with E-state index in [-0.39, 0.29) is 12.3 Å². The summed E-state index contributed by atoms with van der Waals surface area (Å²) in [6.07, 6.45) is 1.80. The third-order valence-corrected chi connectivity index (χ3v) is 2.65. The average molecular weight is 287 g/mol. The Morgan fingerprint density at radius 3 is 2.81 bits per heavy atom. The largest absolute Gasteiger partial charge is 0.480 e. The lowest BCUT2D eigenvalue weighted by molar-refractivity contribution is -0.141. The normalized spacial score (nSPS) is 11.9. The van der Waals surface area contributed by atoms with Crippen molar-refractivity contribution in [1.29, 1.82) is 0 Å². The van der Waals surface area contributed by atoms with Crippen LogP contribution in [0.1, 0.15) is 12.5 Å². The van der Waals surface area contributed by atoms with Crippen molar-refractivity contribution in [2.75, 3.05) is 0 Å². The topological polar surface area (TPSA) is 79.3 Å². The molecule has 0 fully saturated rings. The van der Waals surface area contributed by atoms with Crippen LogP contribution in [0.2, 0.25) is 0 Å². The summed E-state index contributed by atoms with van der Waals surface area (Å²) < 4.78 is 0.589. The highest BCUT2D eigenvalue weighted by Gasteiger charge is 2.19. The van der Waals surface area contributed by atoms with Gasteiger partial charge < -0.3 is 10.4 Å². The van der Waals surface area contributed by atoms with Gasteiger partial charge >= 0.3 is 5.97 Å². The van der Waals surface area contributed by atoms with Crippen molar-refractivity contribution in [2.45, 2.75) is 19.4 Å². The van der Waals surface area contributed by atoms with E-state index in [0.717, 1.165) is 5.56 Å². The number of aliphatic carboxylic acids is 1. The molecule has 0 spiro atoms. The van der Waals surface area contributed by atoms with E-state index in [4.69, 9.17) is 5.11 Å². The van der Waals surface area contributed by atoms with E-state index in [0.29, 0.717) is 4.60 Å². The first-order chi connectivity index (χ1) is 7.50. The molecule has 16 heavy (non-hydrogen) atoms. The molecule has 86 valence electrons. The Labute approximate surface area is 101 Å². The fourth-order valence-corrected chi connectivity index (χ4v) is 1.65. The molecule has 5 nitrogen and oxygen atoms in total. The van der Waals surface area contributed by atoms with E-state index in [1.54, 1.807) is 18.3 Å². The van der Waals surface area contributed by atoms with Crippen LogP contribution in [0.5, 0.6) is 0 Å². The predicted molar refractivity (Wildman–Crippen MR) is 60.9 cm³/mol. The molecule has 1 aromatic heterocycles. The molecule has 0 saturated heterocycles. The Kier molecular flexibility index (Phi) is 4.42. The predicted octanol–water partition coefficient (Wildman–Crippen LogP) is 0.976. The van der Waals surface area contributed by atoms with Crippen molar-refractivity contribution in [3.63, 3.8) is 0 Å². The van der Waals surface area contributed by atoms with Gasteiger partial charge in [-0.25, -0.2) is 9.78 Å². The molecule has 1 atom stereocenters. The fourth-order valence-electron chi connectivity index (χ4n) is 1.24. The van der Waals surface area contributed by atoms with E-state index in [1.807, 2.05) is 0 Å². The molecular formula is C10H11BrN2O3. The Morgan fingerprint density at radius 1 is 1.62 bits per heavy atom. The molecule has 0 aliphatic heterocycles. The van der Waals surface area contributed by atoms with Crippen molar-refractivity contribution >= 4 is 27.8 Å². The second-order valence-corrected chi connectivity index (χ2v) is 4.00. The third kappa shape index (κ3) is 3.62. The number of nitrogens with one attached hydrogen (secondary N) is 1. The molecule has 0 aliphatic rings. The summed E-state index contributed by atoms with van der Waals surface area (Å²) in [5.74, 6) is -1.43. The maximum Gasteiger partial charge on any atom is 0.326 e. The zero-order chi connectivity index (χ0) is 12.1. The summed E-state index contributed by atoms with van der Waals surface area (Å²) in [6.45, 7) is 1.29. The van der Waals surface area contributed by atoms with Crippen LogP contribution in [-0.2, 0) is 16.0 Å². The van der Waals surface area contributed by atoms with Crippen LogP contribution in [0.25, 0.3) is 0 Å². The molecule has 1 amide bonds. The lowest BCUT2D eigenvalue weighted by atomic mass is 10.1. The van der Waals surface area contributed by atoms with Gasteiger partial charge in [-0.05, 0) is 27.6 Å². The van der Waals surface area contributed by atoms with Crippen LogP contribution < -0.4 is 5.32 Å². The first-order valence-corrected chi connectivity index (χ1v) is 5.39. The number of carbonyl (C=O) groups is 2. The summed E-state index contributed by atoms with van der Waals surface area (Å²) in [5.41, 5.74) is 0.739. The van der Waals surface area contributed by atoms with Gasteiger partial charge in [-0.1, -0.05) is 6.07 Å². The standard InChI is InChI=1S/C10H11BrN2O3/c1-6(14)13-8(10(15)16)5-7-3-2-4-12-9(7)11/h2-4,8H,5H2,1H3,(H,13,14)(H,15,16)/t8-/m1/s1. The Balaban J connectivity index is 2.80. The minimum atomic E-state index is -1.06. The molecule has 1 heterocycles. The third-order valence-electron chi connectivity index (χ3n) is 1.94. The van der Waals surface area contributed by atoms with E-state index in [2.05, 4.69) is 26.2 Å². The van der Waals surface area contributed by atoms with E-state index in [1.165, 1.54) is 6.92 Å².